The number of anilines is 1. The molecular formula is C11H15N2O. The number of benzene rings is 1. The highest BCUT2D eigenvalue weighted by molar-refractivity contribution is 5.50. The van der Waals surface area contributed by atoms with Gasteiger partial charge in [-0.05, 0) is 25.0 Å². The van der Waals surface area contributed by atoms with Crippen LogP contribution in [0.1, 0.15) is 12.8 Å². The molecule has 3 heteroatoms. The smallest absolute Gasteiger partial charge is 0.180 e. The first kappa shape index (κ1) is 9.34. The first-order valence-electron chi connectivity index (χ1n) is 5.03. The van der Waals surface area contributed by atoms with Gasteiger partial charge >= 0.3 is 0 Å². The normalized spacial score (nSPS) is 18.5. The third-order valence-electron chi connectivity index (χ3n) is 2.72. The molecule has 0 amide bonds. The van der Waals surface area contributed by atoms with Crippen LogP contribution >= 0.6 is 0 Å². The average Bonchev–Trinajstić information content (AvgIpc) is 2.19. The molecule has 2 rings (SSSR count). The summed E-state index contributed by atoms with van der Waals surface area (Å²) in [5.74, 6) is 0.0809. The van der Waals surface area contributed by atoms with Crippen LogP contribution in [0.4, 0.5) is 5.69 Å². The lowest BCUT2D eigenvalue weighted by molar-refractivity contribution is 0.355. The van der Waals surface area contributed by atoms with Crippen molar-refractivity contribution in [2.75, 3.05) is 18.0 Å². The summed E-state index contributed by atoms with van der Waals surface area (Å²) in [6.45, 7) is 1.93. The van der Waals surface area contributed by atoms with Crippen molar-refractivity contribution in [2.24, 2.45) is 5.73 Å². The molecule has 3 nitrogen and oxygen atoms in total. The van der Waals surface area contributed by atoms with Crippen molar-refractivity contribution in [3.8, 4) is 5.75 Å². The van der Waals surface area contributed by atoms with Crippen molar-refractivity contribution < 1.29 is 5.11 Å². The molecule has 1 aliphatic heterocycles. The van der Waals surface area contributed by atoms with Gasteiger partial charge in [-0.2, -0.15) is 0 Å². The fourth-order valence-corrected chi connectivity index (χ4v) is 1.84. The maximum absolute atomic E-state index is 11.1. The number of hydrogen-bond donors (Lipinski definition) is 1. The quantitative estimate of drug-likeness (QED) is 0.735. The Morgan fingerprint density at radius 2 is 2.00 bits per heavy atom. The van der Waals surface area contributed by atoms with Crippen LogP contribution in [0.25, 0.3) is 0 Å². The molecule has 1 heterocycles. The summed E-state index contributed by atoms with van der Waals surface area (Å²) in [5, 5.41) is 11.1. The minimum atomic E-state index is 0.0809. The van der Waals surface area contributed by atoms with Gasteiger partial charge in [-0.25, -0.2) is 0 Å². The highest BCUT2D eigenvalue weighted by Gasteiger charge is 2.16. The van der Waals surface area contributed by atoms with Gasteiger partial charge in [-0.3, -0.25) is 5.11 Å². The molecule has 0 bridgehead atoms. The van der Waals surface area contributed by atoms with Crippen LogP contribution in [-0.2, 0) is 5.11 Å². The predicted molar refractivity (Wildman–Crippen MR) is 56.0 cm³/mol. The van der Waals surface area contributed by atoms with E-state index in [9.17, 15) is 5.11 Å². The zero-order chi connectivity index (χ0) is 9.97. The highest BCUT2D eigenvalue weighted by Crippen LogP contribution is 2.23. The summed E-state index contributed by atoms with van der Waals surface area (Å²) in [4.78, 5) is 2.23. The van der Waals surface area contributed by atoms with Crippen LogP contribution in [-0.4, -0.2) is 19.1 Å². The van der Waals surface area contributed by atoms with E-state index in [-0.39, 0.29) is 5.75 Å². The highest BCUT2D eigenvalue weighted by atomic mass is 16.3. The third kappa shape index (κ3) is 1.99. The second-order valence-corrected chi connectivity index (χ2v) is 3.82. The molecule has 0 atom stereocenters. The number of rotatable bonds is 1. The van der Waals surface area contributed by atoms with Gasteiger partial charge < -0.3 is 10.6 Å². The lowest BCUT2D eigenvalue weighted by Gasteiger charge is -2.31. The Kier molecular flexibility index (Phi) is 2.59. The molecule has 0 spiro atoms. The van der Waals surface area contributed by atoms with E-state index in [0.29, 0.717) is 6.04 Å². The van der Waals surface area contributed by atoms with Gasteiger partial charge in [0.15, 0.2) is 5.75 Å². The summed E-state index contributed by atoms with van der Waals surface area (Å²) >= 11 is 0. The molecular weight excluding hydrogens is 176 g/mol. The second kappa shape index (κ2) is 3.88. The molecule has 75 valence electrons. The lowest BCUT2D eigenvalue weighted by atomic mass is 10.1. The Morgan fingerprint density at radius 1 is 1.29 bits per heavy atom. The summed E-state index contributed by atoms with van der Waals surface area (Å²) in [5.41, 5.74) is 6.85. The molecule has 1 saturated heterocycles. The van der Waals surface area contributed by atoms with Gasteiger partial charge in [0.1, 0.15) is 0 Å². The van der Waals surface area contributed by atoms with Gasteiger partial charge in [0, 0.05) is 30.9 Å². The Balaban J connectivity index is 2.08. The van der Waals surface area contributed by atoms with Gasteiger partial charge in [-0.1, -0.05) is 6.07 Å². The van der Waals surface area contributed by atoms with E-state index < -0.39 is 0 Å². The fraction of sp³-hybridized carbons (Fsp3) is 0.455. The Hall–Kier alpha value is -1.22. The largest absolute Gasteiger partial charge is 0.371 e. The van der Waals surface area contributed by atoms with Crippen molar-refractivity contribution in [2.45, 2.75) is 18.9 Å². The number of nitrogens with zero attached hydrogens (tertiary/aromatic N) is 1. The summed E-state index contributed by atoms with van der Waals surface area (Å²) in [6.07, 6.45) is 2.03. The zero-order valence-electron chi connectivity index (χ0n) is 8.15. The maximum Gasteiger partial charge on any atom is 0.180 e. The Bertz CT molecular complexity index is 306. The van der Waals surface area contributed by atoms with Crippen LogP contribution in [0.3, 0.4) is 0 Å². The molecule has 1 aliphatic rings. The first-order chi connectivity index (χ1) is 6.75. The zero-order valence-corrected chi connectivity index (χ0v) is 8.15. The maximum atomic E-state index is 11.1. The molecule has 0 unspecified atom stereocenters. The molecule has 0 aliphatic carbocycles. The van der Waals surface area contributed by atoms with Gasteiger partial charge in [-0.15, -0.1) is 0 Å². The van der Waals surface area contributed by atoms with E-state index in [1.165, 1.54) is 0 Å². The van der Waals surface area contributed by atoms with Gasteiger partial charge in [0.2, 0.25) is 0 Å². The standard InChI is InChI=1S/C11H15N2O/c12-9-4-6-13(7-5-9)10-2-1-3-11(14)8-10/h1-3,8-9H,4-7,12H2. The van der Waals surface area contributed by atoms with Crippen LogP contribution < -0.4 is 10.6 Å². The van der Waals surface area contributed by atoms with Crippen LogP contribution in [0.15, 0.2) is 24.3 Å². The average molecular weight is 191 g/mol. The molecule has 2 N–H and O–H groups in total. The van der Waals surface area contributed by atoms with E-state index in [2.05, 4.69) is 4.90 Å². The topological polar surface area (TPSA) is 49.2 Å². The van der Waals surface area contributed by atoms with Crippen molar-refractivity contribution in [1.82, 2.24) is 0 Å². The molecule has 14 heavy (non-hydrogen) atoms. The minimum Gasteiger partial charge on any atom is -0.371 e. The van der Waals surface area contributed by atoms with Crippen LogP contribution in [0, 0.1) is 0 Å². The van der Waals surface area contributed by atoms with Crippen molar-refractivity contribution in [1.29, 1.82) is 0 Å². The minimum absolute atomic E-state index is 0.0809. The van der Waals surface area contributed by atoms with Gasteiger partial charge in [0.25, 0.3) is 0 Å². The molecule has 1 aromatic carbocycles. The van der Waals surface area contributed by atoms with E-state index in [0.717, 1.165) is 31.6 Å². The van der Waals surface area contributed by atoms with Crippen LogP contribution in [0.5, 0.6) is 5.75 Å². The third-order valence-corrected chi connectivity index (χ3v) is 2.72. The Labute approximate surface area is 84.1 Å². The van der Waals surface area contributed by atoms with Crippen LogP contribution in [0.2, 0.25) is 0 Å². The molecule has 0 aromatic heterocycles. The van der Waals surface area contributed by atoms with Crippen molar-refractivity contribution >= 4 is 5.69 Å². The summed E-state index contributed by atoms with van der Waals surface area (Å²) in [7, 11) is 0. The fourth-order valence-electron chi connectivity index (χ4n) is 1.84. The summed E-state index contributed by atoms with van der Waals surface area (Å²) in [6, 6.07) is 7.40. The van der Waals surface area contributed by atoms with E-state index in [1.54, 1.807) is 12.1 Å². The lowest BCUT2D eigenvalue weighted by Crippen LogP contribution is -2.39. The second-order valence-electron chi connectivity index (χ2n) is 3.82. The molecule has 0 saturated carbocycles. The Morgan fingerprint density at radius 3 is 2.64 bits per heavy atom. The predicted octanol–water partition coefficient (Wildman–Crippen LogP) is 1.76. The SMILES string of the molecule is NC1CCN(c2cccc([O])c2)CC1. The molecule has 1 fully saturated rings. The van der Waals surface area contributed by atoms with E-state index in [4.69, 9.17) is 5.73 Å². The van der Waals surface area contributed by atoms with Crippen molar-refractivity contribution in [3.63, 3.8) is 0 Å². The number of piperidine rings is 1. The summed E-state index contributed by atoms with van der Waals surface area (Å²) < 4.78 is 0. The first-order valence-corrected chi connectivity index (χ1v) is 5.03. The van der Waals surface area contributed by atoms with E-state index in [1.807, 2.05) is 12.1 Å². The molecule has 1 aromatic rings. The van der Waals surface area contributed by atoms with Gasteiger partial charge in [0.05, 0.1) is 0 Å². The molecule has 1 radical (unpaired) electrons. The number of hydrogen-bond acceptors (Lipinski definition) is 2. The van der Waals surface area contributed by atoms with E-state index >= 15 is 0 Å². The van der Waals surface area contributed by atoms with Crippen molar-refractivity contribution in [3.05, 3.63) is 24.3 Å². The monoisotopic (exact) mass is 191 g/mol. The number of nitrogens with two attached hydrogens (primary N) is 1.